The van der Waals surface area contributed by atoms with E-state index in [0.29, 0.717) is 6.32 Å². The molecule has 2 N–H and O–H groups in total. The molecule has 52 valence electrons. The van der Waals surface area contributed by atoms with Crippen LogP contribution in [0.5, 0.6) is 0 Å². The molecule has 0 amide bonds. The summed E-state index contributed by atoms with van der Waals surface area (Å²) in [5, 5.41) is 16.7. The summed E-state index contributed by atoms with van der Waals surface area (Å²) in [6, 6.07) is 0. The fourth-order valence-corrected chi connectivity index (χ4v) is 0.530. The molecule has 0 aromatic rings. The molecule has 0 aliphatic heterocycles. The lowest BCUT2D eigenvalue weighted by molar-refractivity contribution is 0.406. The third-order valence-electron chi connectivity index (χ3n) is 0.994. The lowest BCUT2D eigenvalue weighted by Crippen LogP contribution is -2.08. The smallest absolute Gasteiger partial charge is 0.427 e. The molecule has 0 atom stereocenters. The molecule has 0 aliphatic rings. The predicted molar refractivity (Wildman–Crippen MR) is 39.0 cm³/mol. The van der Waals surface area contributed by atoms with Crippen LogP contribution in [0.3, 0.4) is 0 Å². The Balaban J connectivity index is 2.99. The average molecular weight is 128 g/mol. The number of rotatable bonds is 4. The summed E-state index contributed by atoms with van der Waals surface area (Å²) in [6.07, 6.45) is 6.19. The van der Waals surface area contributed by atoms with Gasteiger partial charge >= 0.3 is 7.12 Å². The van der Waals surface area contributed by atoms with Crippen LogP contribution in [-0.2, 0) is 0 Å². The van der Waals surface area contributed by atoms with Crippen LogP contribution in [0.1, 0.15) is 19.8 Å². The van der Waals surface area contributed by atoms with Gasteiger partial charge in [-0.3, -0.25) is 0 Å². The zero-order chi connectivity index (χ0) is 7.11. The Kier molecular flexibility index (Phi) is 5.68. The molecule has 0 aliphatic carbocycles. The lowest BCUT2D eigenvalue weighted by atomic mass is 9.84. The van der Waals surface area contributed by atoms with Crippen LogP contribution in [-0.4, -0.2) is 17.2 Å². The first-order chi connectivity index (χ1) is 4.27. The van der Waals surface area contributed by atoms with Crippen LogP contribution in [0, 0.1) is 0 Å². The maximum atomic E-state index is 8.37. The number of hydrogen-bond donors (Lipinski definition) is 2. The fourth-order valence-electron chi connectivity index (χ4n) is 0.530. The molecule has 0 heterocycles. The maximum Gasteiger partial charge on any atom is 0.451 e. The Hall–Kier alpha value is -0.275. The van der Waals surface area contributed by atoms with E-state index in [-0.39, 0.29) is 0 Å². The summed E-state index contributed by atoms with van der Waals surface area (Å²) in [5.74, 6) is 0. The van der Waals surface area contributed by atoms with E-state index in [4.69, 9.17) is 10.0 Å². The van der Waals surface area contributed by atoms with Gasteiger partial charge in [0, 0.05) is 0 Å². The molecule has 3 heteroatoms. The van der Waals surface area contributed by atoms with Crippen LogP contribution in [0.4, 0.5) is 0 Å². The summed E-state index contributed by atoms with van der Waals surface area (Å²) in [5.41, 5.74) is 0. The molecule has 0 bridgehead atoms. The third-order valence-corrected chi connectivity index (χ3v) is 0.994. The van der Waals surface area contributed by atoms with E-state index in [0.717, 1.165) is 12.8 Å². The Labute approximate surface area is 56.4 Å². The predicted octanol–water partition coefficient (Wildman–Crippen LogP) is 0.815. The second kappa shape index (κ2) is 5.85. The van der Waals surface area contributed by atoms with E-state index < -0.39 is 7.12 Å². The van der Waals surface area contributed by atoms with E-state index >= 15 is 0 Å². The molecular weight excluding hydrogens is 115 g/mol. The monoisotopic (exact) mass is 128 g/mol. The van der Waals surface area contributed by atoms with Gasteiger partial charge in [-0.15, -0.1) is 0 Å². The summed E-state index contributed by atoms with van der Waals surface area (Å²) >= 11 is 0. The SMILES string of the molecule is CC/C=C/CCB(O)O. The molecular formula is C6H13BO2. The fraction of sp³-hybridized carbons (Fsp3) is 0.667. The van der Waals surface area contributed by atoms with Crippen molar-refractivity contribution in [3.05, 3.63) is 12.2 Å². The molecule has 0 fully saturated rings. The van der Waals surface area contributed by atoms with Gasteiger partial charge < -0.3 is 10.0 Å². The van der Waals surface area contributed by atoms with Crippen molar-refractivity contribution in [2.75, 3.05) is 0 Å². The van der Waals surface area contributed by atoms with Gasteiger partial charge in [0.15, 0.2) is 0 Å². The van der Waals surface area contributed by atoms with E-state index in [1.807, 2.05) is 19.1 Å². The van der Waals surface area contributed by atoms with E-state index in [1.54, 1.807) is 0 Å². The first kappa shape index (κ1) is 8.72. The van der Waals surface area contributed by atoms with Gasteiger partial charge in [-0.1, -0.05) is 19.1 Å². The molecule has 9 heavy (non-hydrogen) atoms. The topological polar surface area (TPSA) is 40.5 Å². The minimum absolute atomic E-state index is 0.441. The van der Waals surface area contributed by atoms with Crippen molar-refractivity contribution in [2.45, 2.75) is 26.1 Å². The molecule has 0 saturated carbocycles. The van der Waals surface area contributed by atoms with Crippen LogP contribution >= 0.6 is 0 Å². The zero-order valence-electron chi connectivity index (χ0n) is 5.75. The van der Waals surface area contributed by atoms with Gasteiger partial charge in [-0.2, -0.15) is 0 Å². The summed E-state index contributed by atoms with van der Waals surface area (Å²) in [7, 11) is -1.15. The first-order valence-electron chi connectivity index (χ1n) is 3.28. The highest BCUT2D eigenvalue weighted by Crippen LogP contribution is 1.94. The quantitative estimate of drug-likeness (QED) is 0.434. The Morgan fingerprint density at radius 2 is 2.00 bits per heavy atom. The van der Waals surface area contributed by atoms with Gasteiger partial charge in [-0.05, 0) is 19.2 Å². The van der Waals surface area contributed by atoms with Crippen molar-refractivity contribution in [1.82, 2.24) is 0 Å². The van der Waals surface area contributed by atoms with E-state index in [1.165, 1.54) is 0 Å². The van der Waals surface area contributed by atoms with Crippen molar-refractivity contribution in [1.29, 1.82) is 0 Å². The molecule has 0 spiro atoms. The highest BCUT2D eigenvalue weighted by molar-refractivity contribution is 6.40. The van der Waals surface area contributed by atoms with Crippen molar-refractivity contribution in [2.24, 2.45) is 0 Å². The lowest BCUT2D eigenvalue weighted by Gasteiger charge is -1.90. The minimum atomic E-state index is -1.15. The van der Waals surface area contributed by atoms with Crippen molar-refractivity contribution < 1.29 is 10.0 Å². The molecule has 0 rings (SSSR count). The van der Waals surface area contributed by atoms with Crippen LogP contribution < -0.4 is 0 Å². The molecule has 2 nitrogen and oxygen atoms in total. The largest absolute Gasteiger partial charge is 0.451 e. The van der Waals surface area contributed by atoms with Crippen molar-refractivity contribution in [3.8, 4) is 0 Å². The second-order valence-corrected chi connectivity index (χ2v) is 1.94. The van der Waals surface area contributed by atoms with Gasteiger partial charge in [0.25, 0.3) is 0 Å². The molecule has 0 unspecified atom stereocenters. The molecule has 0 radical (unpaired) electrons. The standard InChI is InChI=1S/C6H13BO2/c1-2-3-4-5-6-7(8)9/h3-4,8-9H,2,5-6H2,1H3/b4-3+. The van der Waals surface area contributed by atoms with Crippen LogP contribution in [0.15, 0.2) is 12.2 Å². The van der Waals surface area contributed by atoms with Gasteiger partial charge in [0.05, 0.1) is 0 Å². The summed E-state index contributed by atoms with van der Waals surface area (Å²) in [4.78, 5) is 0. The summed E-state index contributed by atoms with van der Waals surface area (Å²) in [6.45, 7) is 2.05. The third kappa shape index (κ3) is 7.72. The van der Waals surface area contributed by atoms with E-state index in [9.17, 15) is 0 Å². The van der Waals surface area contributed by atoms with Crippen LogP contribution in [0.2, 0.25) is 6.32 Å². The number of allylic oxidation sites excluding steroid dienone is 2. The van der Waals surface area contributed by atoms with Gasteiger partial charge in [0.1, 0.15) is 0 Å². The van der Waals surface area contributed by atoms with E-state index in [2.05, 4.69) is 0 Å². The van der Waals surface area contributed by atoms with Crippen molar-refractivity contribution >= 4 is 7.12 Å². The second-order valence-electron chi connectivity index (χ2n) is 1.94. The minimum Gasteiger partial charge on any atom is -0.427 e. The molecule has 0 saturated heterocycles. The Morgan fingerprint density at radius 1 is 1.33 bits per heavy atom. The maximum absolute atomic E-state index is 8.37. The van der Waals surface area contributed by atoms with Gasteiger partial charge in [0.2, 0.25) is 0 Å². The van der Waals surface area contributed by atoms with Crippen molar-refractivity contribution in [3.63, 3.8) is 0 Å². The Bertz CT molecular complexity index is 81.1. The highest BCUT2D eigenvalue weighted by Gasteiger charge is 2.01. The molecule has 0 aromatic carbocycles. The Morgan fingerprint density at radius 3 is 2.44 bits per heavy atom. The highest BCUT2D eigenvalue weighted by atomic mass is 16.4. The zero-order valence-corrected chi connectivity index (χ0v) is 5.75. The molecule has 0 aromatic heterocycles. The summed E-state index contributed by atoms with van der Waals surface area (Å²) < 4.78 is 0. The first-order valence-corrected chi connectivity index (χ1v) is 3.28. The van der Waals surface area contributed by atoms with Gasteiger partial charge in [-0.25, -0.2) is 0 Å². The number of hydrogen-bond acceptors (Lipinski definition) is 2. The average Bonchev–Trinajstić information content (AvgIpc) is 1.80. The normalized spacial score (nSPS) is 10.6. The van der Waals surface area contributed by atoms with Crippen LogP contribution in [0.25, 0.3) is 0 Å².